The number of hydrogen-bond acceptors (Lipinski definition) is 5. The van der Waals surface area contributed by atoms with Gasteiger partial charge in [-0.25, -0.2) is 9.78 Å². The van der Waals surface area contributed by atoms with Gasteiger partial charge < -0.3 is 24.8 Å². The molecule has 0 bridgehead atoms. The maximum absolute atomic E-state index is 13.4. The van der Waals surface area contributed by atoms with Crippen LogP contribution in [0, 0.1) is 5.92 Å². The van der Waals surface area contributed by atoms with Crippen LogP contribution in [0.2, 0.25) is 0 Å². The third-order valence-electron chi connectivity index (χ3n) is 7.79. The molecule has 3 atom stereocenters. The van der Waals surface area contributed by atoms with Gasteiger partial charge in [0.2, 0.25) is 5.91 Å². The fraction of sp³-hybridized carbons (Fsp3) is 0.433. The molecule has 38 heavy (non-hydrogen) atoms. The molecule has 8 nitrogen and oxygen atoms in total. The van der Waals surface area contributed by atoms with Crippen LogP contribution >= 0.6 is 0 Å². The first kappa shape index (κ1) is 25.8. The predicted octanol–water partition coefficient (Wildman–Crippen LogP) is 5.46. The molecule has 2 aliphatic rings. The third-order valence-corrected chi connectivity index (χ3v) is 7.79. The second kappa shape index (κ2) is 11.3. The van der Waals surface area contributed by atoms with Crippen molar-refractivity contribution in [3.05, 3.63) is 72.2 Å². The summed E-state index contributed by atoms with van der Waals surface area (Å²) in [5.41, 5.74) is 4.60. The Bertz CT molecular complexity index is 1240. The van der Waals surface area contributed by atoms with Crippen LogP contribution in [0.4, 0.5) is 10.5 Å². The van der Waals surface area contributed by atoms with E-state index in [0.29, 0.717) is 12.6 Å². The first-order valence-corrected chi connectivity index (χ1v) is 13.6. The van der Waals surface area contributed by atoms with Gasteiger partial charge in [-0.3, -0.25) is 4.79 Å². The normalized spacial score (nSPS) is 20.1. The summed E-state index contributed by atoms with van der Waals surface area (Å²) in [6, 6.07) is 19.0. The first-order chi connectivity index (χ1) is 18.5. The minimum Gasteiger partial charge on any atom is -0.453 e. The Morgan fingerprint density at radius 1 is 1.00 bits per heavy atom. The largest absolute Gasteiger partial charge is 0.453 e. The van der Waals surface area contributed by atoms with E-state index in [0.717, 1.165) is 42.9 Å². The lowest BCUT2D eigenvalue weighted by molar-refractivity contribution is -0.135. The molecule has 0 aliphatic carbocycles. The van der Waals surface area contributed by atoms with Crippen LogP contribution in [0.1, 0.15) is 63.0 Å². The van der Waals surface area contributed by atoms with Gasteiger partial charge in [-0.05, 0) is 54.9 Å². The van der Waals surface area contributed by atoms with Crippen LogP contribution in [-0.4, -0.2) is 53.1 Å². The highest BCUT2D eigenvalue weighted by atomic mass is 16.5. The number of aromatic nitrogens is 2. The van der Waals surface area contributed by atoms with Crippen LogP contribution in [0.25, 0.3) is 11.3 Å². The van der Waals surface area contributed by atoms with E-state index < -0.39 is 12.1 Å². The number of ether oxygens (including phenoxy) is 1. The number of anilines is 1. The van der Waals surface area contributed by atoms with Crippen molar-refractivity contribution in [2.24, 2.45) is 5.92 Å². The summed E-state index contributed by atoms with van der Waals surface area (Å²) in [5, 5.41) is 2.70. The smallest absolute Gasteiger partial charge is 0.407 e. The van der Waals surface area contributed by atoms with Gasteiger partial charge in [0.25, 0.3) is 0 Å². The van der Waals surface area contributed by atoms with Gasteiger partial charge in [0.15, 0.2) is 0 Å². The number of likely N-dealkylation sites (tertiary alicyclic amines) is 1. The standard InChI is InChI=1S/C30H37N5O3/c1-20(2)27(33-30(37)38-3)29(36)35-18-8-12-26(35)28-31-19-24(32-28)21-13-15-22(16-14-21)25-11-7-17-34(25)23-9-5-4-6-10-23/h4-6,9-10,13-16,19-20,25-27H,7-8,11-12,17-18H2,1-3H3,(H,31,32)(H,33,37)/t25-,26-,27-/m0/s1. The van der Waals surface area contributed by atoms with Crippen LogP contribution in [0.3, 0.4) is 0 Å². The van der Waals surface area contributed by atoms with Crippen molar-refractivity contribution in [1.29, 1.82) is 0 Å². The number of nitrogens with one attached hydrogen (secondary N) is 2. The quantitative estimate of drug-likeness (QED) is 0.436. The van der Waals surface area contributed by atoms with Crippen LogP contribution in [0.15, 0.2) is 60.8 Å². The van der Waals surface area contributed by atoms with Gasteiger partial charge in [0, 0.05) is 18.8 Å². The van der Waals surface area contributed by atoms with Crippen molar-refractivity contribution in [2.75, 3.05) is 25.1 Å². The van der Waals surface area contributed by atoms with Crippen molar-refractivity contribution >= 4 is 17.7 Å². The number of alkyl carbamates (subject to hydrolysis) is 1. The molecule has 2 amide bonds. The molecule has 8 heteroatoms. The van der Waals surface area contributed by atoms with E-state index in [1.54, 1.807) is 0 Å². The second-order valence-corrected chi connectivity index (χ2v) is 10.5. The number of rotatable bonds is 7. The number of carbonyl (C=O) groups excluding carboxylic acids is 2. The van der Waals surface area contributed by atoms with E-state index in [2.05, 4.69) is 74.8 Å². The highest BCUT2D eigenvalue weighted by molar-refractivity contribution is 5.86. The average Bonchev–Trinajstić information content (AvgIpc) is 3.72. The van der Waals surface area contributed by atoms with E-state index in [1.165, 1.54) is 24.8 Å². The van der Waals surface area contributed by atoms with Gasteiger partial charge in [-0.2, -0.15) is 0 Å². The van der Waals surface area contributed by atoms with Gasteiger partial charge in [-0.1, -0.05) is 56.3 Å². The molecule has 2 fully saturated rings. The molecule has 3 heterocycles. The molecular weight excluding hydrogens is 478 g/mol. The molecular formula is C30H37N5O3. The molecule has 0 radical (unpaired) electrons. The van der Waals surface area contributed by atoms with Crippen molar-refractivity contribution in [3.63, 3.8) is 0 Å². The molecule has 5 rings (SSSR count). The Morgan fingerprint density at radius 2 is 1.71 bits per heavy atom. The molecule has 2 saturated heterocycles. The first-order valence-electron chi connectivity index (χ1n) is 13.6. The number of H-pyrrole nitrogens is 1. The summed E-state index contributed by atoms with van der Waals surface area (Å²) in [6.45, 7) is 5.55. The number of benzene rings is 2. The Labute approximate surface area is 224 Å². The molecule has 0 saturated carbocycles. The third kappa shape index (κ3) is 5.26. The van der Waals surface area contributed by atoms with Crippen LogP contribution in [0.5, 0.6) is 0 Å². The molecule has 0 spiro atoms. The van der Waals surface area contributed by atoms with Crippen LogP contribution < -0.4 is 10.2 Å². The molecule has 2 aliphatic heterocycles. The second-order valence-electron chi connectivity index (χ2n) is 10.5. The zero-order valence-electron chi connectivity index (χ0n) is 22.4. The number of imidazole rings is 1. The molecule has 2 aromatic carbocycles. The number of para-hydroxylation sites is 1. The number of aromatic amines is 1. The van der Waals surface area contributed by atoms with Crippen molar-refractivity contribution in [2.45, 2.75) is 57.7 Å². The Morgan fingerprint density at radius 3 is 2.42 bits per heavy atom. The van der Waals surface area contributed by atoms with Crippen molar-refractivity contribution in [1.82, 2.24) is 20.2 Å². The summed E-state index contributed by atoms with van der Waals surface area (Å²) in [6.07, 6.45) is 5.32. The molecule has 3 aromatic rings. The summed E-state index contributed by atoms with van der Waals surface area (Å²) in [7, 11) is 1.31. The lowest BCUT2D eigenvalue weighted by Crippen LogP contribution is -2.51. The predicted molar refractivity (Wildman–Crippen MR) is 148 cm³/mol. The summed E-state index contributed by atoms with van der Waals surface area (Å²) < 4.78 is 4.73. The Kier molecular flexibility index (Phi) is 7.67. The fourth-order valence-electron chi connectivity index (χ4n) is 5.77. The lowest BCUT2D eigenvalue weighted by Gasteiger charge is -2.30. The zero-order chi connectivity index (χ0) is 26.6. The topological polar surface area (TPSA) is 90.6 Å². The van der Waals surface area contributed by atoms with E-state index in [1.807, 2.05) is 24.9 Å². The van der Waals surface area contributed by atoms with Crippen LogP contribution in [-0.2, 0) is 9.53 Å². The highest BCUT2D eigenvalue weighted by Gasteiger charge is 2.37. The highest BCUT2D eigenvalue weighted by Crippen LogP contribution is 2.37. The van der Waals surface area contributed by atoms with E-state index in [-0.39, 0.29) is 17.9 Å². The molecule has 200 valence electrons. The Hall–Kier alpha value is -3.81. The minimum absolute atomic E-state index is 0.0637. The molecule has 2 N–H and O–H groups in total. The summed E-state index contributed by atoms with van der Waals surface area (Å²) in [5.74, 6) is 0.613. The molecule has 1 aromatic heterocycles. The minimum atomic E-state index is -0.643. The number of methoxy groups -OCH3 is 1. The van der Waals surface area contributed by atoms with Gasteiger partial charge in [0.05, 0.1) is 31.1 Å². The number of hydrogen-bond donors (Lipinski definition) is 2. The number of carbonyl (C=O) groups is 2. The lowest BCUT2D eigenvalue weighted by atomic mass is 10.0. The van der Waals surface area contributed by atoms with Gasteiger partial charge in [-0.15, -0.1) is 0 Å². The van der Waals surface area contributed by atoms with Gasteiger partial charge in [0.1, 0.15) is 11.9 Å². The van der Waals surface area contributed by atoms with E-state index >= 15 is 0 Å². The SMILES string of the molecule is COC(=O)N[C@H](C(=O)N1CCC[C@H]1c1ncc(-c2ccc([C@@H]3CCCN3c3ccccc3)cc2)[nH]1)C(C)C. The maximum atomic E-state index is 13.4. The number of amides is 2. The van der Waals surface area contributed by atoms with E-state index in [4.69, 9.17) is 4.74 Å². The summed E-state index contributed by atoms with van der Waals surface area (Å²) >= 11 is 0. The number of nitrogens with zero attached hydrogens (tertiary/aromatic N) is 3. The zero-order valence-corrected chi connectivity index (χ0v) is 22.4. The maximum Gasteiger partial charge on any atom is 0.407 e. The van der Waals surface area contributed by atoms with Crippen molar-refractivity contribution < 1.29 is 14.3 Å². The van der Waals surface area contributed by atoms with Gasteiger partial charge >= 0.3 is 6.09 Å². The van der Waals surface area contributed by atoms with E-state index in [9.17, 15) is 9.59 Å². The molecule has 0 unspecified atom stereocenters. The Balaban J connectivity index is 1.30. The fourth-order valence-corrected chi connectivity index (χ4v) is 5.77. The summed E-state index contributed by atoms with van der Waals surface area (Å²) in [4.78, 5) is 37.7. The average molecular weight is 516 g/mol. The monoisotopic (exact) mass is 515 g/mol. The van der Waals surface area contributed by atoms with Crippen molar-refractivity contribution in [3.8, 4) is 11.3 Å².